The topological polar surface area (TPSA) is 92.8 Å². The van der Waals surface area contributed by atoms with Crippen LogP contribution in [0.5, 0.6) is 5.75 Å². The van der Waals surface area contributed by atoms with E-state index in [-0.39, 0.29) is 16.0 Å². The molecule has 11 heteroatoms. The lowest BCUT2D eigenvalue weighted by Gasteiger charge is -2.18. The second kappa shape index (κ2) is 8.06. The summed E-state index contributed by atoms with van der Waals surface area (Å²) in [6, 6.07) is 10.2. The fraction of sp³-hybridized carbons (Fsp3) is 0.200. The maximum atomic E-state index is 13.1. The second-order valence-electron chi connectivity index (χ2n) is 6.59. The Bertz CT molecular complexity index is 1170. The Labute approximate surface area is 176 Å². The third-order valence-corrected chi connectivity index (χ3v) is 6.51. The highest BCUT2D eigenvalue weighted by Gasteiger charge is 2.43. The lowest BCUT2D eigenvalue weighted by molar-refractivity contribution is -0.137. The Kier molecular flexibility index (Phi) is 5.81. The van der Waals surface area contributed by atoms with E-state index in [1.54, 1.807) is 0 Å². The highest BCUT2D eigenvalue weighted by molar-refractivity contribution is 7.99. The lowest BCUT2D eigenvalue weighted by Crippen LogP contribution is -2.38. The van der Waals surface area contributed by atoms with E-state index in [9.17, 15) is 31.2 Å². The van der Waals surface area contributed by atoms with Crippen LogP contribution in [0.2, 0.25) is 0 Å². The van der Waals surface area contributed by atoms with Crippen LogP contribution in [0.25, 0.3) is 4.91 Å². The van der Waals surface area contributed by atoms with Crippen LogP contribution in [0.4, 0.5) is 18.9 Å². The van der Waals surface area contributed by atoms with Gasteiger partial charge in [0.05, 0.1) is 18.4 Å². The van der Waals surface area contributed by atoms with E-state index in [0.717, 1.165) is 18.2 Å². The molecule has 0 saturated carbocycles. The van der Waals surface area contributed by atoms with Crippen LogP contribution in [-0.4, -0.2) is 38.2 Å². The molecule has 0 saturated heterocycles. The molecule has 1 aliphatic heterocycles. The van der Waals surface area contributed by atoms with Crippen molar-refractivity contribution in [2.45, 2.75) is 13.1 Å². The number of rotatable bonds is 5. The van der Waals surface area contributed by atoms with Crippen molar-refractivity contribution in [1.29, 1.82) is 0 Å². The number of methoxy groups -OCH3 is 1. The van der Waals surface area contributed by atoms with Crippen molar-refractivity contribution < 1.29 is 35.9 Å². The smallest absolute Gasteiger partial charge is 0.418 e. The minimum absolute atomic E-state index is 0.103. The van der Waals surface area contributed by atoms with Crippen molar-refractivity contribution in [2.24, 2.45) is 0 Å². The summed E-state index contributed by atoms with van der Waals surface area (Å²) in [6.45, 7) is 0.334. The zero-order valence-electron chi connectivity index (χ0n) is 16.4. The van der Waals surface area contributed by atoms with Crippen molar-refractivity contribution in [3.05, 3.63) is 65.2 Å². The van der Waals surface area contributed by atoms with Crippen molar-refractivity contribution in [1.82, 2.24) is 4.31 Å². The largest absolute Gasteiger partial charge is 0.497 e. The molecule has 0 bridgehead atoms. The molecule has 0 radical (unpaired) electrons. The van der Waals surface area contributed by atoms with Gasteiger partial charge in [0.15, 0.2) is 0 Å². The maximum Gasteiger partial charge on any atom is 0.418 e. The van der Waals surface area contributed by atoms with Crippen LogP contribution in [0, 0.1) is 0 Å². The number of halogens is 3. The van der Waals surface area contributed by atoms with Gasteiger partial charge in [0.1, 0.15) is 17.2 Å². The second-order valence-corrected chi connectivity index (χ2v) is 8.39. The number of anilines is 1. The quantitative estimate of drug-likeness (QED) is 0.749. The lowest BCUT2D eigenvalue weighted by atomic mass is 10.1. The molecule has 2 aromatic carbocycles. The summed E-state index contributed by atoms with van der Waals surface area (Å²) in [7, 11) is -2.95. The Hall–Kier alpha value is -3.34. The molecular weight excluding hydrogens is 437 g/mol. The first kappa shape index (κ1) is 22.3. The number of carbonyl (C=O) groups is 2. The van der Waals surface area contributed by atoms with E-state index in [0.29, 0.717) is 10.1 Å². The molecule has 0 atom stereocenters. The predicted molar refractivity (Wildman–Crippen MR) is 106 cm³/mol. The number of nitrogens with zero attached hydrogens (tertiary/aromatic N) is 1. The molecular formula is C20H17F3N2O5S. The molecule has 0 aromatic heterocycles. The molecule has 0 unspecified atom stereocenters. The zero-order chi connectivity index (χ0) is 23.0. The van der Waals surface area contributed by atoms with E-state index in [4.69, 9.17) is 4.74 Å². The monoisotopic (exact) mass is 454 g/mol. The Morgan fingerprint density at radius 1 is 1.10 bits per heavy atom. The number of sulfonamides is 1. The summed E-state index contributed by atoms with van der Waals surface area (Å²) in [4.78, 5) is 24.6. The Morgan fingerprint density at radius 2 is 1.71 bits per heavy atom. The summed E-state index contributed by atoms with van der Waals surface area (Å²) in [5, 5.41) is 2.03. The molecule has 7 nitrogen and oxygen atoms in total. The SMILES string of the molecule is COc1ccc(C2=C(C)C(=O)N(CC(=O)Nc3ccccc3C(F)(F)F)S2(=O)=O)cc1. The van der Waals surface area contributed by atoms with E-state index in [1.807, 2.05) is 5.32 Å². The highest BCUT2D eigenvalue weighted by atomic mass is 32.2. The Morgan fingerprint density at radius 3 is 2.29 bits per heavy atom. The van der Waals surface area contributed by atoms with Gasteiger partial charge in [0, 0.05) is 5.57 Å². The third kappa shape index (κ3) is 4.26. The average Bonchev–Trinajstić information content (AvgIpc) is 2.87. The van der Waals surface area contributed by atoms with Gasteiger partial charge in [-0.1, -0.05) is 12.1 Å². The normalized spacial score (nSPS) is 15.9. The third-order valence-electron chi connectivity index (χ3n) is 4.58. The van der Waals surface area contributed by atoms with Gasteiger partial charge in [-0.3, -0.25) is 9.59 Å². The highest BCUT2D eigenvalue weighted by Crippen LogP contribution is 2.37. The van der Waals surface area contributed by atoms with Gasteiger partial charge in [-0.05, 0) is 48.9 Å². The van der Waals surface area contributed by atoms with E-state index in [1.165, 1.54) is 44.4 Å². The summed E-state index contributed by atoms with van der Waals surface area (Å²) >= 11 is 0. The van der Waals surface area contributed by atoms with Gasteiger partial charge in [-0.2, -0.15) is 13.2 Å². The molecule has 2 aromatic rings. The molecule has 1 heterocycles. The van der Waals surface area contributed by atoms with Gasteiger partial charge >= 0.3 is 6.18 Å². The molecule has 164 valence electrons. The molecule has 2 amide bonds. The predicted octanol–water partition coefficient (Wildman–Crippen LogP) is 3.26. The standard InChI is InChI=1S/C20H17F3N2O5S/c1-12-18(13-7-9-14(30-2)10-8-13)31(28,29)25(19(12)27)11-17(26)24-16-6-4-3-5-15(16)20(21,22)23/h3-10H,11H2,1-2H3,(H,24,26). The van der Waals surface area contributed by atoms with Gasteiger partial charge in [0.2, 0.25) is 5.91 Å². The number of amides is 2. The number of para-hydroxylation sites is 1. The van der Waals surface area contributed by atoms with Crippen LogP contribution >= 0.6 is 0 Å². The number of ether oxygens (including phenoxy) is 1. The molecule has 1 aliphatic rings. The number of benzene rings is 2. The minimum Gasteiger partial charge on any atom is -0.497 e. The van der Waals surface area contributed by atoms with Gasteiger partial charge in [-0.15, -0.1) is 0 Å². The van der Waals surface area contributed by atoms with Crippen LogP contribution in [0.15, 0.2) is 54.1 Å². The number of hydrogen-bond acceptors (Lipinski definition) is 5. The van der Waals surface area contributed by atoms with Crippen molar-refractivity contribution in [3.8, 4) is 5.75 Å². The first-order chi connectivity index (χ1) is 14.5. The summed E-state index contributed by atoms with van der Waals surface area (Å²) < 4.78 is 70.6. The number of nitrogens with one attached hydrogen (secondary N) is 1. The minimum atomic E-state index is -4.72. The summed E-state index contributed by atoms with van der Waals surface area (Å²) in [5.74, 6) is -1.54. The first-order valence-electron chi connectivity index (χ1n) is 8.85. The number of alkyl halides is 3. The molecule has 1 N–H and O–H groups in total. The molecule has 3 rings (SSSR count). The number of hydrogen-bond donors (Lipinski definition) is 1. The van der Waals surface area contributed by atoms with Gasteiger partial charge < -0.3 is 10.1 Å². The van der Waals surface area contributed by atoms with Crippen molar-refractivity contribution >= 4 is 32.4 Å². The van der Waals surface area contributed by atoms with Gasteiger partial charge in [-0.25, -0.2) is 12.7 Å². The van der Waals surface area contributed by atoms with E-state index < -0.39 is 45.8 Å². The van der Waals surface area contributed by atoms with Crippen LogP contribution < -0.4 is 10.1 Å². The number of carbonyl (C=O) groups excluding carboxylic acids is 2. The van der Waals surface area contributed by atoms with Crippen molar-refractivity contribution in [2.75, 3.05) is 19.0 Å². The van der Waals surface area contributed by atoms with Gasteiger partial charge in [0.25, 0.3) is 15.9 Å². The average molecular weight is 454 g/mol. The molecule has 0 fully saturated rings. The fourth-order valence-corrected chi connectivity index (χ4v) is 4.89. The van der Waals surface area contributed by atoms with Crippen LogP contribution in [-0.2, 0) is 25.8 Å². The summed E-state index contributed by atoms with van der Waals surface area (Å²) in [5.41, 5.74) is -1.51. The first-order valence-corrected chi connectivity index (χ1v) is 10.3. The summed E-state index contributed by atoms with van der Waals surface area (Å²) in [6.07, 6.45) is -4.72. The molecule has 0 spiro atoms. The van der Waals surface area contributed by atoms with E-state index in [2.05, 4.69) is 0 Å². The van der Waals surface area contributed by atoms with Crippen LogP contribution in [0.3, 0.4) is 0 Å². The molecule has 31 heavy (non-hydrogen) atoms. The van der Waals surface area contributed by atoms with E-state index >= 15 is 0 Å². The molecule has 0 aliphatic carbocycles. The van der Waals surface area contributed by atoms with Crippen molar-refractivity contribution in [3.63, 3.8) is 0 Å². The Balaban J connectivity index is 1.85. The maximum absolute atomic E-state index is 13.1. The van der Waals surface area contributed by atoms with Crippen LogP contribution in [0.1, 0.15) is 18.1 Å². The zero-order valence-corrected chi connectivity index (χ0v) is 17.2. The fourth-order valence-electron chi connectivity index (χ4n) is 3.12.